The Morgan fingerprint density at radius 2 is 2.32 bits per heavy atom. The Labute approximate surface area is 113 Å². The molecule has 0 aliphatic rings. The lowest BCUT2D eigenvalue weighted by Crippen LogP contribution is -2.19. The minimum atomic E-state index is -0.538. The van der Waals surface area contributed by atoms with E-state index >= 15 is 0 Å². The molecule has 2 aromatic rings. The first-order valence-corrected chi connectivity index (χ1v) is 5.80. The van der Waals surface area contributed by atoms with Crippen molar-refractivity contribution in [2.24, 2.45) is 5.73 Å². The SMILES string of the molecule is NCc1cn(CC(=O)Nc2ccc(F)c(Cl)c2)nn1. The van der Waals surface area contributed by atoms with Crippen LogP contribution in [0.5, 0.6) is 0 Å². The molecule has 0 unspecified atom stereocenters. The van der Waals surface area contributed by atoms with Gasteiger partial charge < -0.3 is 11.1 Å². The van der Waals surface area contributed by atoms with E-state index in [1.165, 1.54) is 22.9 Å². The van der Waals surface area contributed by atoms with E-state index in [0.29, 0.717) is 11.4 Å². The average Bonchev–Trinajstić information content (AvgIpc) is 2.81. The minimum Gasteiger partial charge on any atom is -0.325 e. The zero-order valence-corrected chi connectivity index (χ0v) is 10.6. The number of nitrogens with zero attached hydrogens (tertiary/aromatic N) is 3. The van der Waals surface area contributed by atoms with Gasteiger partial charge in [-0.15, -0.1) is 5.10 Å². The zero-order valence-electron chi connectivity index (χ0n) is 9.81. The summed E-state index contributed by atoms with van der Waals surface area (Å²) in [5, 5.41) is 10.0. The Balaban J connectivity index is 1.98. The van der Waals surface area contributed by atoms with Crippen LogP contribution in [-0.4, -0.2) is 20.9 Å². The molecule has 6 nitrogen and oxygen atoms in total. The van der Waals surface area contributed by atoms with Crippen LogP contribution in [0.1, 0.15) is 5.69 Å². The van der Waals surface area contributed by atoms with Crippen molar-refractivity contribution < 1.29 is 9.18 Å². The number of amides is 1. The van der Waals surface area contributed by atoms with Crippen molar-refractivity contribution in [3.63, 3.8) is 0 Å². The summed E-state index contributed by atoms with van der Waals surface area (Å²) in [6, 6.07) is 3.94. The van der Waals surface area contributed by atoms with Crippen LogP contribution in [0.2, 0.25) is 5.02 Å². The topological polar surface area (TPSA) is 85.8 Å². The van der Waals surface area contributed by atoms with Gasteiger partial charge in [0.05, 0.1) is 16.9 Å². The highest BCUT2D eigenvalue weighted by atomic mass is 35.5. The molecule has 19 heavy (non-hydrogen) atoms. The lowest BCUT2D eigenvalue weighted by molar-refractivity contribution is -0.116. The van der Waals surface area contributed by atoms with Gasteiger partial charge in [-0.05, 0) is 18.2 Å². The van der Waals surface area contributed by atoms with Crippen LogP contribution in [0.25, 0.3) is 0 Å². The summed E-state index contributed by atoms with van der Waals surface area (Å²) in [7, 11) is 0. The first kappa shape index (κ1) is 13.4. The largest absolute Gasteiger partial charge is 0.325 e. The van der Waals surface area contributed by atoms with E-state index in [1.807, 2.05) is 0 Å². The summed E-state index contributed by atoms with van der Waals surface area (Å²) in [6.45, 7) is 0.247. The van der Waals surface area contributed by atoms with Crippen molar-refractivity contribution in [2.45, 2.75) is 13.1 Å². The van der Waals surface area contributed by atoms with Crippen molar-refractivity contribution >= 4 is 23.2 Å². The highest BCUT2D eigenvalue weighted by Crippen LogP contribution is 2.19. The third-order valence-electron chi connectivity index (χ3n) is 2.30. The van der Waals surface area contributed by atoms with Crippen LogP contribution < -0.4 is 11.1 Å². The highest BCUT2D eigenvalue weighted by Gasteiger charge is 2.07. The molecule has 0 saturated heterocycles. The lowest BCUT2D eigenvalue weighted by Gasteiger charge is -2.05. The summed E-state index contributed by atoms with van der Waals surface area (Å²) in [5.41, 5.74) is 6.39. The Morgan fingerprint density at radius 3 is 2.95 bits per heavy atom. The van der Waals surface area contributed by atoms with E-state index in [9.17, 15) is 9.18 Å². The van der Waals surface area contributed by atoms with Crippen LogP contribution >= 0.6 is 11.6 Å². The molecule has 0 atom stereocenters. The maximum absolute atomic E-state index is 12.9. The molecule has 1 aromatic heterocycles. The Kier molecular flexibility index (Phi) is 4.08. The Bertz CT molecular complexity index is 601. The molecule has 1 amide bonds. The smallest absolute Gasteiger partial charge is 0.246 e. The van der Waals surface area contributed by atoms with Crippen LogP contribution in [0.4, 0.5) is 10.1 Å². The van der Waals surface area contributed by atoms with Crippen LogP contribution in [0.15, 0.2) is 24.4 Å². The summed E-state index contributed by atoms with van der Waals surface area (Å²) in [4.78, 5) is 11.7. The van der Waals surface area contributed by atoms with E-state index < -0.39 is 5.82 Å². The predicted molar refractivity (Wildman–Crippen MR) is 68.0 cm³/mol. The standard InChI is InChI=1S/C11H11ClFN5O/c12-9-3-7(1-2-10(9)13)15-11(19)6-18-5-8(4-14)16-17-18/h1-3,5H,4,6,14H2,(H,15,19). The minimum absolute atomic E-state index is 0.0119. The average molecular weight is 284 g/mol. The molecule has 0 radical (unpaired) electrons. The fourth-order valence-electron chi connectivity index (χ4n) is 1.43. The third-order valence-corrected chi connectivity index (χ3v) is 2.59. The second kappa shape index (κ2) is 5.77. The van der Waals surface area contributed by atoms with Gasteiger partial charge >= 0.3 is 0 Å². The first-order valence-electron chi connectivity index (χ1n) is 5.42. The molecule has 0 spiro atoms. The van der Waals surface area contributed by atoms with Gasteiger partial charge in [0, 0.05) is 12.2 Å². The monoisotopic (exact) mass is 283 g/mol. The van der Waals surface area contributed by atoms with Crippen molar-refractivity contribution in [1.29, 1.82) is 0 Å². The molecule has 8 heteroatoms. The van der Waals surface area contributed by atoms with E-state index in [0.717, 1.165) is 0 Å². The second-order valence-electron chi connectivity index (χ2n) is 3.79. The molecule has 0 fully saturated rings. The molecule has 3 N–H and O–H groups in total. The molecule has 100 valence electrons. The van der Waals surface area contributed by atoms with Crippen molar-refractivity contribution in [3.05, 3.63) is 40.9 Å². The molecule has 2 rings (SSSR count). The van der Waals surface area contributed by atoms with E-state index in [-0.39, 0.29) is 24.0 Å². The van der Waals surface area contributed by atoms with Gasteiger partial charge in [0.25, 0.3) is 0 Å². The van der Waals surface area contributed by atoms with Gasteiger partial charge in [-0.25, -0.2) is 9.07 Å². The van der Waals surface area contributed by atoms with E-state index in [1.54, 1.807) is 6.20 Å². The van der Waals surface area contributed by atoms with Gasteiger partial charge in [-0.3, -0.25) is 4.79 Å². The number of nitrogens with one attached hydrogen (secondary N) is 1. The number of rotatable bonds is 4. The number of halogens is 2. The second-order valence-corrected chi connectivity index (χ2v) is 4.20. The number of hydrogen-bond acceptors (Lipinski definition) is 4. The molecular weight excluding hydrogens is 273 g/mol. The van der Waals surface area contributed by atoms with Crippen molar-refractivity contribution in [3.8, 4) is 0 Å². The number of aromatic nitrogens is 3. The number of anilines is 1. The normalized spacial score (nSPS) is 10.5. The van der Waals surface area contributed by atoms with E-state index in [2.05, 4.69) is 15.6 Å². The fraction of sp³-hybridized carbons (Fsp3) is 0.182. The summed E-state index contributed by atoms with van der Waals surface area (Å²) >= 11 is 5.61. The lowest BCUT2D eigenvalue weighted by atomic mass is 10.3. The Hall–Kier alpha value is -1.99. The molecule has 0 aliphatic heterocycles. The molecular formula is C11H11ClFN5O. The maximum atomic E-state index is 12.9. The van der Waals surface area contributed by atoms with Crippen LogP contribution in [-0.2, 0) is 17.9 Å². The van der Waals surface area contributed by atoms with Gasteiger partial charge in [0.1, 0.15) is 12.4 Å². The van der Waals surface area contributed by atoms with Gasteiger partial charge in [-0.1, -0.05) is 16.8 Å². The molecule has 1 heterocycles. The quantitative estimate of drug-likeness (QED) is 0.882. The number of benzene rings is 1. The maximum Gasteiger partial charge on any atom is 0.246 e. The number of carbonyl (C=O) groups is 1. The summed E-state index contributed by atoms with van der Waals surface area (Å²) in [5.74, 6) is -0.861. The van der Waals surface area contributed by atoms with Gasteiger partial charge in [0.2, 0.25) is 5.91 Å². The van der Waals surface area contributed by atoms with Crippen molar-refractivity contribution in [1.82, 2.24) is 15.0 Å². The van der Waals surface area contributed by atoms with Crippen molar-refractivity contribution in [2.75, 3.05) is 5.32 Å². The Morgan fingerprint density at radius 1 is 1.53 bits per heavy atom. The number of carbonyl (C=O) groups excluding carboxylic acids is 1. The third kappa shape index (κ3) is 3.49. The van der Waals surface area contributed by atoms with Gasteiger partial charge in [-0.2, -0.15) is 0 Å². The molecule has 0 saturated carbocycles. The molecule has 0 aliphatic carbocycles. The van der Waals surface area contributed by atoms with E-state index in [4.69, 9.17) is 17.3 Å². The zero-order chi connectivity index (χ0) is 13.8. The first-order chi connectivity index (χ1) is 9.08. The number of hydrogen-bond donors (Lipinski definition) is 2. The van der Waals surface area contributed by atoms with Crippen LogP contribution in [0.3, 0.4) is 0 Å². The number of nitrogens with two attached hydrogens (primary N) is 1. The summed E-state index contributed by atoms with van der Waals surface area (Å²) < 4.78 is 14.3. The van der Waals surface area contributed by atoms with Gasteiger partial charge in [0.15, 0.2) is 0 Å². The predicted octanol–water partition coefficient (Wildman–Crippen LogP) is 1.17. The fourth-order valence-corrected chi connectivity index (χ4v) is 1.61. The molecule has 1 aromatic carbocycles. The summed E-state index contributed by atoms with van der Waals surface area (Å²) in [6.07, 6.45) is 1.58. The van der Waals surface area contributed by atoms with Crippen LogP contribution in [0, 0.1) is 5.82 Å². The molecule has 0 bridgehead atoms. The highest BCUT2D eigenvalue weighted by molar-refractivity contribution is 6.31.